The van der Waals surface area contributed by atoms with Crippen LogP contribution in [0.2, 0.25) is 0 Å². The van der Waals surface area contributed by atoms with E-state index in [9.17, 15) is 9.59 Å². The van der Waals surface area contributed by atoms with E-state index in [4.69, 9.17) is 0 Å². The van der Waals surface area contributed by atoms with E-state index in [-0.39, 0.29) is 11.8 Å². The van der Waals surface area contributed by atoms with Crippen LogP contribution >= 0.6 is 0 Å². The zero-order valence-corrected chi connectivity index (χ0v) is 16.9. The molecule has 29 heavy (non-hydrogen) atoms. The molecule has 2 aliphatic rings. The van der Waals surface area contributed by atoms with Gasteiger partial charge in [-0.2, -0.15) is 0 Å². The number of anilines is 2. The predicted octanol–water partition coefficient (Wildman–Crippen LogP) is 2.81. The average Bonchev–Trinajstić information content (AvgIpc) is 3.14. The minimum atomic E-state index is -0.132. The summed E-state index contributed by atoms with van der Waals surface area (Å²) in [6.45, 7) is 5.55. The first-order valence-corrected chi connectivity index (χ1v) is 10.3. The summed E-state index contributed by atoms with van der Waals surface area (Å²) >= 11 is 0. The molecular formula is C23H28N4O2. The molecule has 2 aliphatic heterocycles. The molecule has 0 radical (unpaired) electrons. The number of rotatable bonds is 5. The van der Waals surface area contributed by atoms with E-state index in [1.165, 1.54) is 5.69 Å². The largest absolute Gasteiger partial charge is 0.369 e. The maximum absolute atomic E-state index is 12.7. The van der Waals surface area contributed by atoms with E-state index in [0.717, 1.165) is 50.4 Å². The van der Waals surface area contributed by atoms with Gasteiger partial charge in [0.05, 0.1) is 0 Å². The van der Waals surface area contributed by atoms with Crippen LogP contribution in [0.5, 0.6) is 0 Å². The molecule has 0 atom stereocenters. The molecule has 2 fully saturated rings. The Balaban J connectivity index is 1.37. The first kappa shape index (κ1) is 19.5. The smallest absolute Gasteiger partial charge is 0.255 e. The normalized spacial score (nSPS) is 17.6. The zero-order valence-electron chi connectivity index (χ0n) is 16.9. The highest BCUT2D eigenvalue weighted by Crippen LogP contribution is 2.20. The maximum atomic E-state index is 12.7. The Bertz CT molecular complexity index is 873. The van der Waals surface area contributed by atoms with Crippen LogP contribution in [0, 0.1) is 0 Å². The van der Waals surface area contributed by atoms with E-state index in [2.05, 4.69) is 34.3 Å². The lowest BCUT2D eigenvalue weighted by atomic mass is 10.1. The third-order valence-electron chi connectivity index (χ3n) is 5.73. The van der Waals surface area contributed by atoms with Gasteiger partial charge in [0.1, 0.15) is 0 Å². The van der Waals surface area contributed by atoms with E-state index in [1.54, 1.807) is 0 Å². The second-order valence-corrected chi connectivity index (χ2v) is 7.91. The van der Waals surface area contributed by atoms with Crippen molar-refractivity contribution in [1.82, 2.24) is 9.80 Å². The SMILES string of the molecule is CN1CCN(c2ccc(NC(=O)c3cccc(CN4CCCC4=O)c3)cc2)CC1. The maximum Gasteiger partial charge on any atom is 0.255 e. The highest BCUT2D eigenvalue weighted by Gasteiger charge is 2.20. The number of carbonyl (C=O) groups is 2. The van der Waals surface area contributed by atoms with E-state index < -0.39 is 0 Å². The summed E-state index contributed by atoms with van der Waals surface area (Å²) in [4.78, 5) is 31.1. The van der Waals surface area contributed by atoms with Gasteiger partial charge in [-0.05, 0) is 55.4 Å². The molecule has 0 spiro atoms. The lowest BCUT2D eigenvalue weighted by molar-refractivity contribution is -0.128. The van der Waals surface area contributed by atoms with Crippen LogP contribution < -0.4 is 10.2 Å². The van der Waals surface area contributed by atoms with Gasteiger partial charge < -0.3 is 20.0 Å². The molecule has 2 amide bonds. The number of likely N-dealkylation sites (N-methyl/N-ethyl adjacent to an activating group) is 1. The van der Waals surface area contributed by atoms with Gasteiger partial charge in [0.2, 0.25) is 5.91 Å². The summed E-state index contributed by atoms with van der Waals surface area (Å²) in [7, 11) is 2.15. The van der Waals surface area contributed by atoms with Gasteiger partial charge >= 0.3 is 0 Å². The highest BCUT2D eigenvalue weighted by atomic mass is 16.2. The number of benzene rings is 2. The van der Waals surface area contributed by atoms with Gasteiger partial charge in [-0.15, -0.1) is 0 Å². The number of carbonyl (C=O) groups excluding carboxylic acids is 2. The van der Waals surface area contributed by atoms with Crippen molar-refractivity contribution < 1.29 is 9.59 Å². The van der Waals surface area contributed by atoms with Crippen molar-refractivity contribution in [3.8, 4) is 0 Å². The molecule has 2 saturated heterocycles. The number of likely N-dealkylation sites (tertiary alicyclic amines) is 1. The topological polar surface area (TPSA) is 55.9 Å². The van der Waals surface area contributed by atoms with E-state index >= 15 is 0 Å². The van der Waals surface area contributed by atoms with Crippen LogP contribution in [-0.4, -0.2) is 61.4 Å². The van der Waals surface area contributed by atoms with Gasteiger partial charge in [0.25, 0.3) is 5.91 Å². The summed E-state index contributed by atoms with van der Waals surface area (Å²) in [5.41, 5.74) is 3.57. The van der Waals surface area contributed by atoms with Crippen molar-refractivity contribution in [2.45, 2.75) is 19.4 Å². The molecule has 2 heterocycles. The molecule has 6 heteroatoms. The van der Waals surface area contributed by atoms with Crippen LogP contribution in [-0.2, 0) is 11.3 Å². The molecular weight excluding hydrogens is 364 g/mol. The summed E-state index contributed by atoms with van der Waals surface area (Å²) in [6, 6.07) is 15.6. The Morgan fingerprint density at radius 2 is 1.76 bits per heavy atom. The fourth-order valence-electron chi connectivity index (χ4n) is 3.93. The van der Waals surface area contributed by atoms with Gasteiger partial charge in [-0.3, -0.25) is 9.59 Å². The molecule has 2 aromatic rings. The molecule has 0 aromatic heterocycles. The number of hydrogen-bond acceptors (Lipinski definition) is 4. The quantitative estimate of drug-likeness (QED) is 0.850. The number of nitrogens with zero attached hydrogens (tertiary/aromatic N) is 3. The Kier molecular flexibility index (Phi) is 5.81. The molecule has 152 valence electrons. The van der Waals surface area contributed by atoms with Crippen LogP contribution in [0.1, 0.15) is 28.8 Å². The highest BCUT2D eigenvalue weighted by molar-refractivity contribution is 6.04. The van der Waals surface area contributed by atoms with Crippen LogP contribution in [0.25, 0.3) is 0 Å². The van der Waals surface area contributed by atoms with Crippen molar-refractivity contribution in [3.63, 3.8) is 0 Å². The number of amides is 2. The van der Waals surface area contributed by atoms with Crippen LogP contribution in [0.4, 0.5) is 11.4 Å². The lowest BCUT2D eigenvalue weighted by Gasteiger charge is -2.34. The molecule has 0 saturated carbocycles. The summed E-state index contributed by atoms with van der Waals surface area (Å²) in [5, 5.41) is 2.98. The minimum Gasteiger partial charge on any atom is -0.369 e. The summed E-state index contributed by atoms with van der Waals surface area (Å²) in [6.07, 6.45) is 1.55. The van der Waals surface area contributed by atoms with E-state index in [1.807, 2.05) is 41.3 Å². The standard InChI is InChI=1S/C23H28N4O2/c1-25-12-14-26(15-13-25)21-9-7-20(8-10-21)24-23(29)19-5-2-4-18(16-19)17-27-11-3-6-22(27)28/h2,4-5,7-10,16H,3,6,11-15,17H2,1H3,(H,24,29). The minimum absolute atomic E-state index is 0.132. The first-order valence-electron chi connectivity index (χ1n) is 10.3. The third kappa shape index (κ3) is 4.77. The van der Waals surface area contributed by atoms with Crippen LogP contribution in [0.15, 0.2) is 48.5 Å². The molecule has 6 nitrogen and oxygen atoms in total. The molecule has 2 aromatic carbocycles. The number of piperazine rings is 1. The van der Waals surface area contributed by atoms with Gasteiger partial charge in [-0.25, -0.2) is 0 Å². The van der Waals surface area contributed by atoms with Gasteiger partial charge in [0.15, 0.2) is 0 Å². The Morgan fingerprint density at radius 1 is 1.00 bits per heavy atom. The first-order chi connectivity index (χ1) is 14.1. The van der Waals surface area contributed by atoms with Gasteiger partial charge in [-0.1, -0.05) is 12.1 Å². The fraction of sp³-hybridized carbons (Fsp3) is 0.391. The molecule has 1 N–H and O–H groups in total. The second-order valence-electron chi connectivity index (χ2n) is 7.91. The average molecular weight is 393 g/mol. The fourth-order valence-corrected chi connectivity index (χ4v) is 3.93. The number of hydrogen-bond donors (Lipinski definition) is 1. The summed E-state index contributed by atoms with van der Waals surface area (Å²) < 4.78 is 0. The predicted molar refractivity (Wildman–Crippen MR) is 115 cm³/mol. The second kappa shape index (κ2) is 8.66. The number of nitrogens with one attached hydrogen (secondary N) is 1. The van der Waals surface area contributed by atoms with Crippen molar-refractivity contribution in [3.05, 3.63) is 59.7 Å². The Labute approximate surface area is 172 Å². The molecule has 0 aliphatic carbocycles. The molecule has 0 bridgehead atoms. The molecule has 0 unspecified atom stereocenters. The van der Waals surface area contributed by atoms with Crippen molar-refractivity contribution in [2.75, 3.05) is 50.0 Å². The van der Waals surface area contributed by atoms with Crippen LogP contribution in [0.3, 0.4) is 0 Å². The molecule has 4 rings (SSSR count). The monoisotopic (exact) mass is 392 g/mol. The van der Waals surface area contributed by atoms with Crippen molar-refractivity contribution in [1.29, 1.82) is 0 Å². The summed E-state index contributed by atoms with van der Waals surface area (Å²) in [5.74, 6) is 0.0623. The third-order valence-corrected chi connectivity index (χ3v) is 5.73. The Hall–Kier alpha value is -2.86. The lowest BCUT2D eigenvalue weighted by Crippen LogP contribution is -2.44. The van der Waals surface area contributed by atoms with Crippen molar-refractivity contribution >= 4 is 23.2 Å². The van der Waals surface area contributed by atoms with Crippen molar-refractivity contribution in [2.24, 2.45) is 0 Å². The zero-order chi connectivity index (χ0) is 20.2. The van der Waals surface area contributed by atoms with Gasteiger partial charge in [0, 0.05) is 62.6 Å². The Morgan fingerprint density at radius 3 is 2.45 bits per heavy atom. The van der Waals surface area contributed by atoms with E-state index in [0.29, 0.717) is 18.5 Å².